The lowest BCUT2D eigenvalue weighted by molar-refractivity contribution is 0.441. The second-order valence-corrected chi connectivity index (χ2v) is 6.04. The molecule has 1 aromatic carbocycles. The molecular formula is C16H22BrNO. The first kappa shape index (κ1) is 14.6. The van der Waals surface area contributed by atoms with Crippen molar-refractivity contribution in [2.75, 3.05) is 6.54 Å². The number of phenolic OH excluding ortho intramolecular Hbond substituents is 1. The van der Waals surface area contributed by atoms with Crippen molar-refractivity contribution in [3.05, 3.63) is 39.9 Å². The fraction of sp³-hybridized carbons (Fsp3) is 0.500. The second-order valence-electron chi connectivity index (χ2n) is 5.12. The molecule has 3 heteroatoms. The Bertz CT molecular complexity index is 456. The van der Waals surface area contributed by atoms with Crippen LogP contribution >= 0.6 is 15.9 Å². The van der Waals surface area contributed by atoms with Crippen molar-refractivity contribution >= 4 is 15.9 Å². The van der Waals surface area contributed by atoms with Gasteiger partial charge in [0.1, 0.15) is 5.75 Å². The van der Waals surface area contributed by atoms with E-state index < -0.39 is 0 Å². The summed E-state index contributed by atoms with van der Waals surface area (Å²) in [7, 11) is 0. The van der Waals surface area contributed by atoms with Gasteiger partial charge in [-0.2, -0.15) is 0 Å². The number of benzene rings is 1. The Morgan fingerprint density at radius 2 is 2.26 bits per heavy atom. The average Bonchev–Trinajstić information content (AvgIpc) is 2.91. The number of hydrogen-bond acceptors (Lipinski definition) is 2. The predicted octanol–water partition coefficient (Wildman–Crippen LogP) is 4.70. The summed E-state index contributed by atoms with van der Waals surface area (Å²) in [4.78, 5) is 0. The first-order valence-electron chi connectivity index (χ1n) is 7.10. The maximum Gasteiger partial charge on any atom is 0.120 e. The molecule has 1 atom stereocenters. The molecule has 0 saturated heterocycles. The molecule has 19 heavy (non-hydrogen) atoms. The van der Waals surface area contributed by atoms with Gasteiger partial charge in [-0.15, -0.1) is 0 Å². The van der Waals surface area contributed by atoms with E-state index in [1.54, 1.807) is 11.6 Å². The van der Waals surface area contributed by atoms with Crippen LogP contribution in [0.2, 0.25) is 0 Å². The van der Waals surface area contributed by atoms with Crippen molar-refractivity contribution in [3.8, 4) is 5.75 Å². The molecule has 0 saturated carbocycles. The molecule has 0 heterocycles. The highest BCUT2D eigenvalue weighted by atomic mass is 79.9. The lowest BCUT2D eigenvalue weighted by atomic mass is 10.0. The van der Waals surface area contributed by atoms with E-state index in [0.717, 1.165) is 29.4 Å². The van der Waals surface area contributed by atoms with Crippen molar-refractivity contribution in [2.45, 2.75) is 45.1 Å². The van der Waals surface area contributed by atoms with Crippen LogP contribution in [0.25, 0.3) is 0 Å². The SMILES string of the molecule is CCC(NCCC1=CCCC1)c1cc(Br)ccc1O. The lowest BCUT2D eigenvalue weighted by Gasteiger charge is -2.19. The van der Waals surface area contributed by atoms with Crippen LogP contribution in [0, 0.1) is 0 Å². The fourth-order valence-electron chi connectivity index (χ4n) is 2.65. The molecule has 0 aromatic heterocycles. The van der Waals surface area contributed by atoms with Crippen molar-refractivity contribution < 1.29 is 5.11 Å². The zero-order valence-corrected chi connectivity index (χ0v) is 13.0. The molecule has 0 radical (unpaired) electrons. The van der Waals surface area contributed by atoms with Crippen molar-refractivity contribution in [3.63, 3.8) is 0 Å². The van der Waals surface area contributed by atoms with Crippen molar-refractivity contribution in [1.82, 2.24) is 5.32 Å². The maximum atomic E-state index is 9.98. The summed E-state index contributed by atoms with van der Waals surface area (Å²) in [5, 5.41) is 13.5. The van der Waals surface area contributed by atoms with Crippen molar-refractivity contribution in [2.24, 2.45) is 0 Å². The normalized spacial score (nSPS) is 16.4. The van der Waals surface area contributed by atoms with Crippen LogP contribution in [0.5, 0.6) is 5.75 Å². The molecule has 1 aromatic rings. The number of allylic oxidation sites excluding steroid dienone is 1. The number of rotatable bonds is 6. The van der Waals surface area contributed by atoms with E-state index in [2.05, 4.69) is 34.2 Å². The van der Waals surface area contributed by atoms with Gasteiger partial charge in [0.25, 0.3) is 0 Å². The molecule has 1 aliphatic carbocycles. The van der Waals surface area contributed by atoms with E-state index in [1.807, 2.05) is 12.1 Å². The number of aromatic hydroxyl groups is 1. The molecule has 0 bridgehead atoms. The molecule has 2 nitrogen and oxygen atoms in total. The van der Waals surface area contributed by atoms with Gasteiger partial charge < -0.3 is 10.4 Å². The zero-order chi connectivity index (χ0) is 13.7. The Morgan fingerprint density at radius 1 is 1.42 bits per heavy atom. The number of halogens is 1. The molecule has 0 aliphatic heterocycles. The lowest BCUT2D eigenvalue weighted by Crippen LogP contribution is -2.22. The quantitative estimate of drug-likeness (QED) is 0.744. The standard InChI is InChI=1S/C16H22BrNO/c1-2-15(14-11-13(17)7-8-16(14)19)18-10-9-12-5-3-4-6-12/h5,7-8,11,15,18-19H,2-4,6,9-10H2,1H3. The molecule has 1 unspecified atom stereocenters. The predicted molar refractivity (Wildman–Crippen MR) is 83.4 cm³/mol. The Labute approximate surface area is 124 Å². The minimum absolute atomic E-state index is 0.222. The summed E-state index contributed by atoms with van der Waals surface area (Å²) >= 11 is 3.47. The molecular weight excluding hydrogens is 302 g/mol. The van der Waals surface area contributed by atoms with Gasteiger partial charge in [-0.25, -0.2) is 0 Å². The summed E-state index contributed by atoms with van der Waals surface area (Å²) in [6.45, 7) is 3.13. The van der Waals surface area contributed by atoms with Crippen LogP contribution in [0.15, 0.2) is 34.3 Å². The fourth-order valence-corrected chi connectivity index (χ4v) is 3.03. The largest absolute Gasteiger partial charge is 0.508 e. The van der Waals surface area contributed by atoms with Crippen LogP contribution < -0.4 is 5.32 Å². The maximum absolute atomic E-state index is 9.98. The molecule has 0 spiro atoms. The van der Waals surface area contributed by atoms with Gasteiger partial charge in [-0.1, -0.05) is 34.5 Å². The number of hydrogen-bond donors (Lipinski definition) is 2. The van der Waals surface area contributed by atoms with Gasteiger partial charge in [0, 0.05) is 16.1 Å². The molecule has 2 N–H and O–H groups in total. The van der Waals surface area contributed by atoms with Gasteiger partial charge in [0.05, 0.1) is 0 Å². The second kappa shape index (κ2) is 7.11. The summed E-state index contributed by atoms with van der Waals surface area (Å²) < 4.78 is 1.01. The van der Waals surface area contributed by atoms with E-state index in [1.165, 1.54) is 19.3 Å². The first-order valence-corrected chi connectivity index (χ1v) is 7.89. The monoisotopic (exact) mass is 323 g/mol. The Hall–Kier alpha value is -0.800. The molecule has 0 amide bonds. The Kier molecular flexibility index (Phi) is 5.46. The summed E-state index contributed by atoms with van der Waals surface area (Å²) in [6, 6.07) is 5.85. The molecule has 0 fully saturated rings. The molecule has 2 rings (SSSR count). The third kappa shape index (κ3) is 4.08. The van der Waals surface area contributed by atoms with Gasteiger partial charge in [0.15, 0.2) is 0 Å². The Morgan fingerprint density at radius 3 is 2.95 bits per heavy atom. The van der Waals surface area contributed by atoms with Gasteiger partial charge in [-0.3, -0.25) is 0 Å². The van der Waals surface area contributed by atoms with Gasteiger partial charge in [0.2, 0.25) is 0 Å². The highest BCUT2D eigenvalue weighted by molar-refractivity contribution is 9.10. The Balaban J connectivity index is 1.93. The van der Waals surface area contributed by atoms with Crippen LogP contribution in [-0.4, -0.2) is 11.7 Å². The van der Waals surface area contributed by atoms with E-state index in [-0.39, 0.29) is 6.04 Å². The van der Waals surface area contributed by atoms with Crippen LogP contribution in [0.1, 0.15) is 50.6 Å². The molecule has 1 aliphatic rings. The zero-order valence-electron chi connectivity index (χ0n) is 11.5. The highest BCUT2D eigenvalue weighted by Gasteiger charge is 2.14. The smallest absolute Gasteiger partial charge is 0.120 e. The topological polar surface area (TPSA) is 32.3 Å². The van der Waals surface area contributed by atoms with E-state index in [9.17, 15) is 5.11 Å². The third-order valence-electron chi connectivity index (χ3n) is 3.75. The summed E-state index contributed by atoms with van der Waals surface area (Å²) in [6.07, 6.45) is 8.31. The van der Waals surface area contributed by atoms with Gasteiger partial charge >= 0.3 is 0 Å². The number of nitrogens with one attached hydrogen (secondary N) is 1. The summed E-state index contributed by atoms with van der Waals surface area (Å²) in [5.41, 5.74) is 2.57. The van der Waals surface area contributed by atoms with E-state index in [4.69, 9.17) is 0 Å². The number of phenols is 1. The average molecular weight is 324 g/mol. The van der Waals surface area contributed by atoms with Crippen molar-refractivity contribution in [1.29, 1.82) is 0 Å². The van der Waals surface area contributed by atoms with Gasteiger partial charge in [-0.05, 0) is 56.8 Å². The van der Waals surface area contributed by atoms with E-state index in [0.29, 0.717) is 5.75 Å². The van der Waals surface area contributed by atoms with Crippen LogP contribution in [-0.2, 0) is 0 Å². The van der Waals surface area contributed by atoms with Crippen LogP contribution in [0.3, 0.4) is 0 Å². The first-order chi connectivity index (χ1) is 9.20. The summed E-state index contributed by atoms with van der Waals surface area (Å²) in [5.74, 6) is 0.377. The minimum Gasteiger partial charge on any atom is -0.508 e. The minimum atomic E-state index is 0.222. The molecule has 104 valence electrons. The highest BCUT2D eigenvalue weighted by Crippen LogP contribution is 2.29. The van der Waals surface area contributed by atoms with Crippen LogP contribution in [0.4, 0.5) is 0 Å². The third-order valence-corrected chi connectivity index (χ3v) is 4.24. The van der Waals surface area contributed by atoms with E-state index >= 15 is 0 Å².